The minimum absolute atomic E-state index is 0.164. The average Bonchev–Trinajstić information content (AvgIpc) is 3.57. The summed E-state index contributed by atoms with van der Waals surface area (Å²) in [7, 11) is 0. The zero-order chi connectivity index (χ0) is 30.2. The highest BCUT2D eigenvalue weighted by molar-refractivity contribution is 5.88. The Morgan fingerprint density at radius 1 is 0.732 bits per heavy atom. The van der Waals surface area contributed by atoms with Crippen LogP contribution in [0.25, 0.3) is 0 Å². The highest BCUT2D eigenvalue weighted by atomic mass is 16.6. The molecule has 0 bridgehead atoms. The van der Waals surface area contributed by atoms with Crippen LogP contribution in [0.3, 0.4) is 0 Å². The van der Waals surface area contributed by atoms with Crippen molar-refractivity contribution in [3.8, 4) is 0 Å². The standard InChI is InChI=1S/C15H23N5O4.C10H15N5O2/c1-11(21)16-12-5-6-20(17-12)13(22)18-7-9-19(10-8-18)14(23)24-15(2,3)4;1-8(16)12-9-2-5-15(13-9)10(17)14-6-3-11-4-7-14/h5-6H,7-10H2,1-4H3,(H,16,17,21);2,5,11H,3-4,6-7H2,1H3,(H,12,13,16). The van der Waals surface area contributed by atoms with E-state index in [0.717, 1.165) is 13.1 Å². The molecule has 0 saturated carbocycles. The van der Waals surface area contributed by atoms with Crippen LogP contribution < -0.4 is 16.0 Å². The first-order chi connectivity index (χ1) is 19.3. The summed E-state index contributed by atoms with van der Waals surface area (Å²) in [5.41, 5.74) is -0.542. The fraction of sp³-hybridized carbons (Fsp3) is 0.560. The SMILES string of the molecule is CC(=O)Nc1ccn(C(=O)N2CCN(C(=O)OC(C)(C)C)CC2)n1.CC(=O)Nc1ccn(C(=O)N2CCNCC2)n1. The van der Waals surface area contributed by atoms with Gasteiger partial charge in [0, 0.05) is 90.7 Å². The molecule has 2 fully saturated rings. The Bertz CT molecular complexity index is 1240. The van der Waals surface area contributed by atoms with Crippen LogP contribution >= 0.6 is 0 Å². The highest BCUT2D eigenvalue weighted by Gasteiger charge is 2.28. The number of aromatic nitrogens is 4. The van der Waals surface area contributed by atoms with Crippen LogP contribution in [0.2, 0.25) is 0 Å². The van der Waals surface area contributed by atoms with E-state index in [2.05, 4.69) is 26.1 Å². The number of carbonyl (C=O) groups excluding carboxylic acids is 5. The summed E-state index contributed by atoms with van der Waals surface area (Å²) in [6.45, 7) is 12.8. The summed E-state index contributed by atoms with van der Waals surface area (Å²) in [4.78, 5) is 63.1. The minimum Gasteiger partial charge on any atom is -0.444 e. The molecule has 4 heterocycles. The van der Waals surface area contributed by atoms with Gasteiger partial charge in [-0.2, -0.15) is 9.36 Å². The van der Waals surface area contributed by atoms with E-state index >= 15 is 0 Å². The van der Waals surface area contributed by atoms with Gasteiger partial charge in [0.15, 0.2) is 11.6 Å². The first kappa shape index (κ1) is 31.1. The Balaban J connectivity index is 0.000000239. The van der Waals surface area contributed by atoms with Crippen LogP contribution in [0, 0.1) is 0 Å². The van der Waals surface area contributed by atoms with E-state index in [0.29, 0.717) is 50.9 Å². The zero-order valence-electron chi connectivity index (χ0n) is 24.0. The number of nitrogens with one attached hydrogen (secondary N) is 3. The summed E-state index contributed by atoms with van der Waals surface area (Å²) < 4.78 is 7.75. The van der Waals surface area contributed by atoms with Gasteiger partial charge in [-0.1, -0.05) is 0 Å². The van der Waals surface area contributed by atoms with Gasteiger partial charge in [0.1, 0.15) is 5.60 Å². The molecule has 5 amide bonds. The third-order valence-electron chi connectivity index (χ3n) is 5.77. The van der Waals surface area contributed by atoms with Crippen LogP contribution in [0.1, 0.15) is 34.6 Å². The molecule has 2 aromatic rings. The first-order valence-electron chi connectivity index (χ1n) is 13.3. The maximum atomic E-state index is 12.4. The van der Waals surface area contributed by atoms with Gasteiger partial charge in [0.05, 0.1) is 0 Å². The molecule has 2 aliphatic rings. The van der Waals surface area contributed by atoms with Crippen LogP contribution in [0.4, 0.5) is 26.0 Å². The molecule has 0 aliphatic carbocycles. The van der Waals surface area contributed by atoms with E-state index in [1.54, 1.807) is 33.0 Å². The van der Waals surface area contributed by atoms with Crippen molar-refractivity contribution in [1.29, 1.82) is 0 Å². The molecule has 2 aliphatic heterocycles. The highest BCUT2D eigenvalue weighted by Crippen LogP contribution is 2.13. The summed E-state index contributed by atoms with van der Waals surface area (Å²) in [6.07, 6.45) is 2.67. The monoisotopic (exact) mass is 574 g/mol. The lowest BCUT2D eigenvalue weighted by atomic mass is 10.2. The molecule has 3 N–H and O–H groups in total. The summed E-state index contributed by atoms with van der Waals surface area (Å²) in [5, 5.41) is 16.2. The van der Waals surface area contributed by atoms with Crippen LogP contribution in [-0.2, 0) is 14.3 Å². The van der Waals surface area contributed by atoms with Gasteiger partial charge < -0.3 is 35.4 Å². The number of anilines is 2. The smallest absolute Gasteiger partial charge is 0.410 e. The molecule has 2 saturated heterocycles. The van der Waals surface area contributed by atoms with Gasteiger partial charge in [0.2, 0.25) is 11.8 Å². The number of hydrogen-bond acceptors (Lipinski definition) is 9. The third kappa shape index (κ3) is 9.59. The van der Waals surface area contributed by atoms with Crippen molar-refractivity contribution in [3.63, 3.8) is 0 Å². The Kier molecular flexibility index (Phi) is 10.4. The van der Waals surface area contributed by atoms with E-state index < -0.39 is 5.60 Å². The van der Waals surface area contributed by atoms with Crippen molar-refractivity contribution >= 4 is 41.6 Å². The average molecular weight is 575 g/mol. The number of carbonyl (C=O) groups is 5. The Morgan fingerprint density at radius 3 is 1.56 bits per heavy atom. The Labute approximate surface area is 237 Å². The summed E-state index contributed by atoms with van der Waals surface area (Å²) in [5.74, 6) is 0.257. The molecule has 16 nitrogen and oxygen atoms in total. The molecule has 41 heavy (non-hydrogen) atoms. The second-order valence-corrected chi connectivity index (χ2v) is 10.4. The molecular weight excluding hydrogens is 536 g/mol. The fourth-order valence-electron chi connectivity index (χ4n) is 3.91. The third-order valence-corrected chi connectivity index (χ3v) is 5.77. The molecule has 16 heteroatoms. The predicted octanol–water partition coefficient (Wildman–Crippen LogP) is 1.08. The van der Waals surface area contributed by atoms with Gasteiger partial charge in [0.25, 0.3) is 0 Å². The molecule has 224 valence electrons. The van der Waals surface area contributed by atoms with Crippen molar-refractivity contribution in [2.24, 2.45) is 0 Å². The Morgan fingerprint density at radius 2 is 1.15 bits per heavy atom. The van der Waals surface area contributed by atoms with Crippen molar-refractivity contribution in [2.45, 2.75) is 40.2 Å². The molecule has 0 spiro atoms. The predicted molar refractivity (Wildman–Crippen MR) is 148 cm³/mol. The van der Waals surface area contributed by atoms with Crippen molar-refractivity contribution in [3.05, 3.63) is 24.5 Å². The van der Waals surface area contributed by atoms with Gasteiger partial charge in [-0.3, -0.25) is 9.59 Å². The normalized spacial score (nSPS) is 15.4. The quantitative estimate of drug-likeness (QED) is 0.474. The molecule has 0 aromatic carbocycles. The van der Waals surface area contributed by atoms with Gasteiger partial charge in [-0.15, -0.1) is 10.2 Å². The maximum absolute atomic E-state index is 12.4. The largest absolute Gasteiger partial charge is 0.444 e. The van der Waals surface area contributed by atoms with Crippen LogP contribution in [-0.4, -0.2) is 122 Å². The molecule has 0 radical (unpaired) electrons. The topological polar surface area (TPSA) is 176 Å². The Hall–Kier alpha value is -4.47. The minimum atomic E-state index is -0.542. The van der Waals surface area contributed by atoms with E-state index in [-0.39, 0.29) is 30.0 Å². The molecule has 4 rings (SSSR count). The lowest BCUT2D eigenvalue weighted by molar-refractivity contribution is -0.115. The first-order valence-corrected chi connectivity index (χ1v) is 13.3. The van der Waals surface area contributed by atoms with E-state index in [1.165, 1.54) is 29.4 Å². The lowest BCUT2D eigenvalue weighted by Gasteiger charge is -2.35. The molecule has 2 aromatic heterocycles. The molecule has 0 atom stereocenters. The maximum Gasteiger partial charge on any atom is 0.410 e. The zero-order valence-corrected chi connectivity index (χ0v) is 24.0. The summed E-state index contributed by atoms with van der Waals surface area (Å²) in [6, 6.07) is 2.69. The van der Waals surface area contributed by atoms with Crippen molar-refractivity contribution in [2.75, 3.05) is 63.0 Å². The number of ether oxygens (including phenoxy) is 1. The van der Waals surface area contributed by atoms with E-state index in [9.17, 15) is 24.0 Å². The van der Waals surface area contributed by atoms with E-state index in [1.807, 2.05) is 20.8 Å². The lowest BCUT2D eigenvalue weighted by Crippen LogP contribution is -2.52. The van der Waals surface area contributed by atoms with Crippen molar-refractivity contribution < 1.29 is 28.7 Å². The number of rotatable bonds is 2. The van der Waals surface area contributed by atoms with Crippen LogP contribution in [0.5, 0.6) is 0 Å². The van der Waals surface area contributed by atoms with Gasteiger partial charge >= 0.3 is 18.2 Å². The van der Waals surface area contributed by atoms with Gasteiger partial charge in [-0.05, 0) is 20.8 Å². The second-order valence-electron chi connectivity index (χ2n) is 10.4. The van der Waals surface area contributed by atoms with Gasteiger partial charge in [-0.25, -0.2) is 14.4 Å². The fourth-order valence-corrected chi connectivity index (χ4v) is 3.91. The number of nitrogens with zero attached hydrogens (tertiary/aromatic N) is 7. The number of hydrogen-bond donors (Lipinski definition) is 3. The van der Waals surface area contributed by atoms with Crippen LogP contribution in [0.15, 0.2) is 24.5 Å². The number of amides is 5. The summed E-state index contributed by atoms with van der Waals surface area (Å²) >= 11 is 0. The second kappa shape index (κ2) is 13.7. The number of piperazine rings is 2. The molecular formula is C25H38N10O6. The molecule has 0 unspecified atom stereocenters. The van der Waals surface area contributed by atoms with Crippen molar-refractivity contribution in [1.82, 2.24) is 39.6 Å². The van der Waals surface area contributed by atoms with E-state index in [4.69, 9.17) is 4.74 Å².